The predicted molar refractivity (Wildman–Crippen MR) is 79.2 cm³/mol. The molecular weight excluding hydrogens is 271 g/mol. The minimum Gasteiger partial charge on any atom is -0.481 e. The molecule has 0 saturated carbocycles. The number of hydrogen-bond acceptors (Lipinski definition) is 3. The lowest BCUT2D eigenvalue weighted by Gasteiger charge is -2.19. The first-order chi connectivity index (χ1) is 9.79. The molecule has 1 aromatic heterocycles. The van der Waals surface area contributed by atoms with Crippen molar-refractivity contribution in [3.8, 4) is 11.3 Å². The van der Waals surface area contributed by atoms with E-state index in [-0.39, 0.29) is 5.82 Å². The van der Waals surface area contributed by atoms with Crippen molar-refractivity contribution < 1.29 is 14.3 Å². The quantitative estimate of drug-likeness (QED) is 0.906. The average molecular weight is 288 g/mol. The van der Waals surface area contributed by atoms with E-state index < -0.39 is 17.2 Å². The summed E-state index contributed by atoms with van der Waals surface area (Å²) in [5, 5.41) is 9.19. The van der Waals surface area contributed by atoms with Crippen molar-refractivity contribution in [2.75, 3.05) is 5.73 Å². The molecule has 0 amide bonds. The maximum atomic E-state index is 13.2. The standard InChI is InChI=1S/C16H17FN2O2/c1-16(2,15(20)21)9-10-4-3-5-11(8-10)13-7-6-12(17)14(18)19-13/h3-8H,9H2,1-2H3,(H2,18,19)(H,20,21). The lowest BCUT2D eigenvalue weighted by atomic mass is 9.85. The third-order valence-electron chi connectivity index (χ3n) is 3.32. The molecule has 0 aliphatic carbocycles. The van der Waals surface area contributed by atoms with E-state index in [1.54, 1.807) is 19.9 Å². The highest BCUT2D eigenvalue weighted by atomic mass is 19.1. The van der Waals surface area contributed by atoms with E-state index in [1.165, 1.54) is 6.07 Å². The highest BCUT2D eigenvalue weighted by Gasteiger charge is 2.27. The van der Waals surface area contributed by atoms with Crippen molar-refractivity contribution in [2.24, 2.45) is 5.41 Å². The molecule has 3 N–H and O–H groups in total. The van der Waals surface area contributed by atoms with Gasteiger partial charge in [0.2, 0.25) is 0 Å². The van der Waals surface area contributed by atoms with E-state index in [0.717, 1.165) is 11.1 Å². The number of benzene rings is 1. The number of carboxylic acid groups (broad SMARTS) is 1. The van der Waals surface area contributed by atoms with Gasteiger partial charge in [0.05, 0.1) is 11.1 Å². The molecule has 0 aliphatic rings. The number of anilines is 1. The number of pyridine rings is 1. The Hall–Kier alpha value is -2.43. The van der Waals surface area contributed by atoms with Crippen molar-refractivity contribution >= 4 is 11.8 Å². The van der Waals surface area contributed by atoms with Gasteiger partial charge in [0.15, 0.2) is 11.6 Å². The summed E-state index contributed by atoms with van der Waals surface area (Å²) in [6.07, 6.45) is 0.396. The van der Waals surface area contributed by atoms with Crippen LogP contribution in [0.25, 0.3) is 11.3 Å². The van der Waals surface area contributed by atoms with Gasteiger partial charge in [-0.2, -0.15) is 0 Å². The molecule has 110 valence electrons. The second-order valence-electron chi connectivity index (χ2n) is 5.63. The van der Waals surface area contributed by atoms with Gasteiger partial charge in [0.25, 0.3) is 0 Å². The Balaban J connectivity index is 2.33. The molecule has 0 aliphatic heterocycles. The van der Waals surface area contributed by atoms with Gasteiger partial charge in [-0.3, -0.25) is 4.79 Å². The maximum absolute atomic E-state index is 13.2. The van der Waals surface area contributed by atoms with Crippen molar-refractivity contribution in [1.82, 2.24) is 4.98 Å². The summed E-state index contributed by atoms with van der Waals surface area (Å²) >= 11 is 0. The minimum absolute atomic E-state index is 0.149. The molecule has 0 radical (unpaired) electrons. The summed E-state index contributed by atoms with van der Waals surface area (Å²) in [5.74, 6) is -1.55. The molecule has 2 aromatic rings. The first kappa shape index (κ1) is 15.0. The van der Waals surface area contributed by atoms with Crippen LogP contribution in [0.2, 0.25) is 0 Å². The molecule has 4 nitrogen and oxygen atoms in total. The first-order valence-electron chi connectivity index (χ1n) is 6.54. The highest BCUT2D eigenvalue weighted by molar-refractivity contribution is 5.74. The molecule has 21 heavy (non-hydrogen) atoms. The lowest BCUT2D eigenvalue weighted by Crippen LogP contribution is -2.26. The van der Waals surface area contributed by atoms with Crippen LogP contribution in [0.15, 0.2) is 36.4 Å². The van der Waals surface area contributed by atoms with Gasteiger partial charge in [-0.1, -0.05) is 18.2 Å². The molecule has 5 heteroatoms. The number of nitrogen functional groups attached to an aromatic ring is 1. The molecule has 1 aromatic carbocycles. The predicted octanol–water partition coefficient (Wildman–Crippen LogP) is 3.12. The Morgan fingerprint density at radius 1 is 1.33 bits per heavy atom. The van der Waals surface area contributed by atoms with Crippen LogP contribution in [0, 0.1) is 11.2 Å². The molecule has 0 bridgehead atoms. The molecule has 1 heterocycles. The smallest absolute Gasteiger partial charge is 0.309 e. The molecule has 0 atom stereocenters. The van der Waals surface area contributed by atoms with E-state index in [1.807, 2.05) is 24.3 Å². The van der Waals surface area contributed by atoms with Crippen molar-refractivity contribution in [1.29, 1.82) is 0 Å². The number of nitrogens with zero attached hydrogens (tertiary/aromatic N) is 1. The SMILES string of the molecule is CC(C)(Cc1cccc(-c2ccc(F)c(N)n2)c1)C(=O)O. The topological polar surface area (TPSA) is 76.2 Å². The molecular formula is C16H17FN2O2. The van der Waals surface area contributed by atoms with E-state index in [4.69, 9.17) is 5.73 Å². The normalized spacial score (nSPS) is 11.4. The number of halogens is 1. The van der Waals surface area contributed by atoms with E-state index in [2.05, 4.69) is 4.98 Å². The number of nitrogens with two attached hydrogens (primary N) is 1. The molecule has 2 rings (SSSR count). The van der Waals surface area contributed by atoms with Crippen molar-refractivity contribution in [3.05, 3.63) is 47.8 Å². The Labute approximate surface area is 122 Å². The number of rotatable bonds is 4. The zero-order valence-electron chi connectivity index (χ0n) is 11.9. The van der Waals surface area contributed by atoms with Crippen LogP contribution in [0.4, 0.5) is 10.2 Å². The largest absolute Gasteiger partial charge is 0.481 e. The Morgan fingerprint density at radius 2 is 2.05 bits per heavy atom. The van der Waals surface area contributed by atoms with Crippen LogP contribution in [0.5, 0.6) is 0 Å². The molecule has 0 saturated heterocycles. The number of aromatic nitrogens is 1. The third kappa shape index (κ3) is 3.37. The number of carboxylic acids is 1. The monoisotopic (exact) mass is 288 g/mol. The van der Waals surface area contributed by atoms with E-state index in [9.17, 15) is 14.3 Å². The fraction of sp³-hybridized carbons (Fsp3) is 0.250. The van der Waals surface area contributed by atoms with Crippen LogP contribution < -0.4 is 5.73 Å². The van der Waals surface area contributed by atoms with Crippen LogP contribution in [-0.4, -0.2) is 16.1 Å². The minimum atomic E-state index is -0.853. The summed E-state index contributed by atoms with van der Waals surface area (Å²) < 4.78 is 13.2. The third-order valence-corrected chi connectivity index (χ3v) is 3.32. The summed E-state index contributed by atoms with van der Waals surface area (Å²) in [5.41, 5.74) is 6.84. The number of hydrogen-bond donors (Lipinski definition) is 2. The van der Waals surface area contributed by atoms with Gasteiger partial charge in [0.1, 0.15) is 0 Å². The van der Waals surface area contributed by atoms with Crippen LogP contribution >= 0.6 is 0 Å². The lowest BCUT2D eigenvalue weighted by molar-refractivity contribution is -0.146. The second-order valence-corrected chi connectivity index (χ2v) is 5.63. The first-order valence-corrected chi connectivity index (χ1v) is 6.54. The average Bonchev–Trinajstić information content (AvgIpc) is 2.41. The fourth-order valence-corrected chi connectivity index (χ4v) is 2.05. The summed E-state index contributed by atoms with van der Waals surface area (Å²) in [6, 6.07) is 10.2. The van der Waals surface area contributed by atoms with Crippen molar-refractivity contribution in [2.45, 2.75) is 20.3 Å². The Bertz CT molecular complexity index is 684. The van der Waals surface area contributed by atoms with E-state index >= 15 is 0 Å². The summed E-state index contributed by atoms with van der Waals surface area (Å²) in [4.78, 5) is 15.2. The van der Waals surface area contributed by atoms with Crippen molar-refractivity contribution in [3.63, 3.8) is 0 Å². The zero-order valence-corrected chi connectivity index (χ0v) is 11.9. The molecule has 0 unspecified atom stereocenters. The number of aliphatic carboxylic acids is 1. The second kappa shape index (κ2) is 5.52. The Kier molecular flexibility index (Phi) is 3.93. The van der Waals surface area contributed by atoms with Gasteiger partial charge in [-0.25, -0.2) is 9.37 Å². The number of carbonyl (C=O) groups is 1. The summed E-state index contributed by atoms with van der Waals surface area (Å²) in [7, 11) is 0. The van der Waals surface area contributed by atoms with Crippen LogP contribution in [0.3, 0.4) is 0 Å². The maximum Gasteiger partial charge on any atom is 0.309 e. The van der Waals surface area contributed by atoms with E-state index in [0.29, 0.717) is 12.1 Å². The molecule has 0 spiro atoms. The fourth-order valence-electron chi connectivity index (χ4n) is 2.05. The summed E-state index contributed by atoms with van der Waals surface area (Å²) in [6.45, 7) is 3.35. The van der Waals surface area contributed by atoms with Gasteiger partial charge >= 0.3 is 5.97 Å². The van der Waals surface area contributed by atoms with Crippen LogP contribution in [0.1, 0.15) is 19.4 Å². The highest BCUT2D eigenvalue weighted by Crippen LogP contribution is 2.26. The van der Waals surface area contributed by atoms with Crippen LogP contribution in [-0.2, 0) is 11.2 Å². The van der Waals surface area contributed by atoms with Gasteiger partial charge in [-0.15, -0.1) is 0 Å². The molecule has 0 fully saturated rings. The van der Waals surface area contributed by atoms with Gasteiger partial charge in [-0.05, 0) is 44.0 Å². The zero-order chi connectivity index (χ0) is 15.6. The van der Waals surface area contributed by atoms with Gasteiger partial charge in [0, 0.05) is 5.56 Å². The van der Waals surface area contributed by atoms with Gasteiger partial charge < -0.3 is 10.8 Å². The Morgan fingerprint density at radius 3 is 2.67 bits per heavy atom.